The summed E-state index contributed by atoms with van der Waals surface area (Å²) in [5.41, 5.74) is 1.10. The Morgan fingerprint density at radius 3 is 2.78 bits per heavy atom. The second-order valence-electron chi connectivity index (χ2n) is 6.26. The molecule has 0 saturated carbocycles. The third kappa shape index (κ3) is 4.56. The minimum Gasteiger partial charge on any atom is -0.323 e. The van der Waals surface area contributed by atoms with Gasteiger partial charge in [-0.1, -0.05) is 37.7 Å². The van der Waals surface area contributed by atoms with Gasteiger partial charge in [0.2, 0.25) is 5.91 Å². The highest BCUT2D eigenvalue weighted by molar-refractivity contribution is 7.99. The van der Waals surface area contributed by atoms with Gasteiger partial charge in [-0.15, -0.1) is 21.5 Å². The molecule has 1 N–H and O–H groups in total. The van der Waals surface area contributed by atoms with E-state index in [1.54, 1.807) is 17.4 Å². The van der Waals surface area contributed by atoms with Crippen LogP contribution in [0.15, 0.2) is 40.9 Å². The van der Waals surface area contributed by atoms with Gasteiger partial charge in [0.25, 0.3) is 0 Å². The maximum absolute atomic E-state index is 14.2. The summed E-state index contributed by atoms with van der Waals surface area (Å²) in [7, 11) is 0. The molecule has 3 aromatic rings. The van der Waals surface area contributed by atoms with Gasteiger partial charge in [-0.25, -0.2) is 4.39 Å². The molecule has 0 aliphatic rings. The molecule has 142 valence electrons. The van der Waals surface area contributed by atoms with Gasteiger partial charge >= 0.3 is 0 Å². The average molecular weight is 405 g/mol. The molecule has 3 rings (SSSR count). The smallest absolute Gasteiger partial charge is 0.234 e. The standard InChI is InChI=1S/C19H21FN4OS2/c1-4-24-18(16-6-5-9-26-16)22-23-19(24)27-11-17(25)21-15-8-7-13(12(2)3)10-14(15)20/h5-10,12H,4,11H2,1-3H3,(H,21,25). The monoisotopic (exact) mass is 404 g/mol. The van der Waals surface area contributed by atoms with E-state index in [0.717, 1.165) is 16.3 Å². The van der Waals surface area contributed by atoms with Crippen LogP contribution in [0.5, 0.6) is 0 Å². The summed E-state index contributed by atoms with van der Waals surface area (Å²) in [5, 5.41) is 13.7. The number of thiophene rings is 1. The number of benzene rings is 1. The van der Waals surface area contributed by atoms with Crippen LogP contribution in [-0.2, 0) is 11.3 Å². The molecule has 0 bridgehead atoms. The maximum atomic E-state index is 14.2. The van der Waals surface area contributed by atoms with Crippen LogP contribution in [0.1, 0.15) is 32.3 Å². The third-order valence-corrected chi connectivity index (χ3v) is 5.87. The Labute approximate surface area is 166 Å². The SMILES string of the molecule is CCn1c(SCC(=O)Nc2ccc(C(C)C)cc2F)nnc1-c1cccs1. The lowest BCUT2D eigenvalue weighted by atomic mass is 10.0. The Morgan fingerprint density at radius 2 is 2.15 bits per heavy atom. The molecule has 2 heterocycles. The Morgan fingerprint density at radius 1 is 1.33 bits per heavy atom. The molecule has 27 heavy (non-hydrogen) atoms. The molecule has 0 radical (unpaired) electrons. The summed E-state index contributed by atoms with van der Waals surface area (Å²) >= 11 is 2.89. The molecule has 2 aromatic heterocycles. The fourth-order valence-electron chi connectivity index (χ4n) is 2.58. The van der Waals surface area contributed by atoms with Gasteiger partial charge in [-0.05, 0) is 42.0 Å². The van der Waals surface area contributed by atoms with E-state index in [9.17, 15) is 9.18 Å². The summed E-state index contributed by atoms with van der Waals surface area (Å²) in [6.07, 6.45) is 0. The molecule has 0 saturated heterocycles. The predicted octanol–water partition coefficient (Wildman–Crippen LogP) is 5.02. The van der Waals surface area contributed by atoms with Crippen molar-refractivity contribution in [2.24, 2.45) is 0 Å². The summed E-state index contributed by atoms with van der Waals surface area (Å²) in [4.78, 5) is 13.3. The lowest BCUT2D eigenvalue weighted by Gasteiger charge is -2.10. The van der Waals surface area contributed by atoms with Crippen molar-refractivity contribution < 1.29 is 9.18 Å². The van der Waals surface area contributed by atoms with E-state index in [0.29, 0.717) is 11.7 Å². The number of hydrogen-bond acceptors (Lipinski definition) is 5. The van der Waals surface area contributed by atoms with Crippen LogP contribution in [0.3, 0.4) is 0 Å². The quantitative estimate of drug-likeness (QED) is 0.562. The number of carbonyl (C=O) groups is 1. The van der Waals surface area contributed by atoms with Crippen molar-refractivity contribution in [1.29, 1.82) is 0 Å². The number of nitrogens with zero attached hydrogens (tertiary/aromatic N) is 3. The van der Waals surface area contributed by atoms with Crippen molar-refractivity contribution in [3.8, 4) is 10.7 Å². The highest BCUT2D eigenvalue weighted by atomic mass is 32.2. The Bertz CT molecular complexity index is 922. The molecule has 0 unspecified atom stereocenters. The van der Waals surface area contributed by atoms with Crippen molar-refractivity contribution in [1.82, 2.24) is 14.8 Å². The number of amides is 1. The summed E-state index contributed by atoms with van der Waals surface area (Å²) in [6.45, 7) is 6.71. The molecule has 0 atom stereocenters. The lowest BCUT2D eigenvalue weighted by Crippen LogP contribution is -2.15. The molecule has 1 amide bonds. The highest BCUT2D eigenvalue weighted by Crippen LogP contribution is 2.27. The minimum atomic E-state index is -0.420. The number of halogens is 1. The van der Waals surface area contributed by atoms with Crippen molar-refractivity contribution in [2.75, 3.05) is 11.1 Å². The van der Waals surface area contributed by atoms with Crippen LogP contribution in [0.4, 0.5) is 10.1 Å². The van der Waals surface area contributed by atoms with Crippen molar-refractivity contribution in [3.05, 3.63) is 47.1 Å². The summed E-state index contributed by atoms with van der Waals surface area (Å²) < 4.78 is 16.1. The summed E-state index contributed by atoms with van der Waals surface area (Å²) in [6, 6.07) is 8.86. The van der Waals surface area contributed by atoms with Crippen LogP contribution in [0.2, 0.25) is 0 Å². The number of anilines is 1. The Balaban J connectivity index is 1.65. The Kier molecular flexibility index (Phi) is 6.28. The first kappa shape index (κ1) is 19.6. The molecule has 0 aliphatic heterocycles. The Hall–Kier alpha value is -2.19. The van der Waals surface area contributed by atoms with Crippen LogP contribution >= 0.6 is 23.1 Å². The molecule has 5 nitrogen and oxygen atoms in total. The number of hydrogen-bond donors (Lipinski definition) is 1. The molecule has 8 heteroatoms. The van der Waals surface area contributed by atoms with Crippen molar-refractivity contribution in [2.45, 2.75) is 38.4 Å². The number of rotatable bonds is 7. The topological polar surface area (TPSA) is 59.8 Å². The molecule has 0 fully saturated rings. The second kappa shape index (κ2) is 8.67. The van der Waals surface area contributed by atoms with Gasteiger partial charge in [-0.2, -0.15) is 0 Å². The fourth-order valence-corrected chi connectivity index (χ4v) is 4.10. The van der Waals surface area contributed by atoms with Gasteiger partial charge < -0.3 is 9.88 Å². The van der Waals surface area contributed by atoms with E-state index >= 15 is 0 Å². The van der Waals surface area contributed by atoms with Crippen LogP contribution in [0.25, 0.3) is 10.7 Å². The molecule has 0 spiro atoms. The zero-order valence-corrected chi connectivity index (χ0v) is 17.0. The van der Waals surface area contributed by atoms with Gasteiger partial charge in [0.05, 0.1) is 16.3 Å². The first-order chi connectivity index (χ1) is 13.0. The van der Waals surface area contributed by atoms with Crippen molar-refractivity contribution >= 4 is 34.7 Å². The number of thioether (sulfide) groups is 1. The average Bonchev–Trinajstić information content (AvgIpc) is 3.30. The molecular weight excluding hydrogens is 383 g/mol. The van der Waals surface area contributed by atoms with Gasteiger partial charge in [0.1, 0.15) is 5.82 Å². The molecular formula is C19H21FN4OS2. The van der Waals surface area contributed by atoms with Gasteiger partial charge in [0.15, 0.2) is 11.0 Å². The normalized spacial score (nSPS) is 11.1. The van der Waals surface area contributed by atoms with Crippen LogP contribution in [-0.4, -0.2) is 26.4 Å². The van der Waals surface area contributed by atoms with Crippen LogP contribution in [0, 0.1) is 5.82 Å². The minimum absolute atomic E-state index is 0.133. The zero-order chi connectivity index (χ0) is 19.4. The van der Waals surface area contributed by atoms with E-state index in [1.807, 2.05) is 48.9 Å². The van der Waals surface area contributed by atoms with E-state index in [2.05, 4.69) is 15.5 Å². The number of nitrogens with one attached hydrogen (secondary N) is 1. The largest absolute Gasteiger partial charge is 0.323 e. The molecule has 1 aromatic carbocycles. The van der Waals surface area contributed by atoms with Gasteiger partial charge in [-0.3, -0.25) is 4.79 Å². The third-order valence-electron chi connectivity index (χ3n) is 4.04. The second-order valence-corrected chi connectivity index (χ2v) is 8.15. The van der Waals surface area contributed by atoms with E-state index < -0.39 is 5.82 Å². The first-order valence-electron chi connectivity index (χ1n) is 8.68. The highest BCUT2D eigenvalue weighted by Gasteiger charge is 2.16. The number of carbonyl (C=O) groups excluding carboxylic acids is 1. The fraction of sp³-hybridized carbons (Fsp3) is 0.316. The maximum Gasteiger partial charge on any atom is 0.234 e. The molecule has 0 aliphatic carbocycles. The van der Waals surface area contributed by atoms with E-state index in [-0.39, 0.29) is 23.3 Å². The zero-order valence-electron chi connectivity index (χ0n) is 15.4. The lowest BCUT2D eigenvalue weighted by molar-refractivity contribution is -0.113. The summed E-state index contributed by atoms with van der Waals surface area (Å²) in [5.74, 6) is 0.466. The van der Waals surface area contributed by atoms with E-state index in [1.165, 1.54) is 17.8 Å². The van der Waals surface area contributed by atoms with Crippen molar-refractivity contribution in [3.63, 3.8) is 0 Å². The predicted molar refractivity (Wildman–Crippen MR) is 109 cm³/mol. The van der Waals surface area contributed by atoms with Crippen LogP contribution < -0.4 is 5.32 Å². The van der Waals surface area contributed by atoms with Gasteiger partial charge in [0, 0.05) is 6.54 Å². The number of aromatic nitrogens is 3. The van der Waals surface area contributed by atoms with E-state index in [4.69, 9.17) is 0 Å². The first-order valence-corrected chi connectivity index (χ1v) is 10.5.